The zero-order chi connectivity index (χ0) is 13.2. The van der Waals surface area contributed by atoms with E-state index in [1.54, 1.807) is 0 Å². The summed E-state index contributed by atoms with van der Waals surface area (Å²) in [4.78, 5) is 11.9. The third-order valence-electron chi connectivity index (χ3n) is 4.30. The molecule has 1 saturated carbocycles. The number of carbonyl (C=O) groups is 1. The van der Waals surface area contributed by atoms with Gasteiger partial charge >= 0.3 is 5.97 Å². The topological polar surface area (TPSA) is 35.5 Å². The van der Waals surface area contributed by atoms with E-state index in [1.165, 1.54) is 7.11 Å². The van der Waals surface area contributed by atoms with E-state index < -0.39 is 23.7 Å². The number of alkyl halides is 2. The van der Waals surface area contributed by atoms with E-state index in [1.807, 2.05) is 0 Å². The number of hydrogen-bond donors (Lipinski definition) is 0. The molecule has 1 saturated heterocycles. The van der Waals surface area contributed by atoms with Crippen molar-refractivity contribution in [1.82, 2.24) is 0 Å². The van der Waals surface area contributed by atoms with Crippen molar-refractivity contribution in [2.45, 2.75) is 44.4 Å². The van der Waals surface area contributed by atoms with Gasteiger partial charge in [0.2, 0.25) is 0 Å². The van der Waals surface area contributed by atoms with Crippen molar-refractivity contribution in [2.24, 2.45) is 11.3 Å². The summed E-state index contributed by atoms with van der Waals surface area (Å²) in [6.07, 6.45) is 3.77. The zero-order valence-electron chi connectivity index (χ0n) is 10.7. The van der Waals surface area contributed by atoms with Crippen LogP contribution in [0.2, 0.25) is 0 Å². The number of halogens is 2. The van der Waals surface area contributed by atoms with E-state index in [-0.39, 0.29) is 25.6 Å². The van der Waals surface area contributed by atoms with Crippen molar-refractivity contribution >= 4 is 5.97 Å². The third kappa shape index (κ3) is 2.25. The molecule has 0 aromatic rings. The average Bonchev–Trinajstić information content (AvgIpc) is 2.83. The van der Waals surface area contributed by atoms with Crippen LogP contribution in [0.4, 0.5) is 8.78 Å². The number of hydrogen-bond acceptors (Lipinski definition) is 3. The Balaban J connectivity index is 2.23. The summed E-state index contributed by atoms with van der Waals surface area (Å²) >= 11 is 0. The molecule has 18 heavy (non-hydrogen) atoms. The maximum atomic E-state index is 14.2. The van der Waals surface area contributed by atoms with Crippen LogP contribution in [0.1, 0.15) is 38.5 Å². The standard InChI is InChI=1S/C13H20F2O3/c1-17-11(16)12(8-10-4-2-3-5-10)9-18-7-6-13(12,14)15/h10H,2-9H2,1H3. The molecule has 1 aliphatic heterocycles. The summed E-state index contributed by atoms with van der Waals surface area (Å²) in [6, 6.07) is 0. The molecule has 3 nitrogen and oxygen atoms in total. The van der Waals surface area contributed by atoms with E-state index in [0.29, 0.717) is 0 Å². The van der Waals surface area contributed by atoms with Gasteiger partial charge in [-0.1, -0.05) is 25.7 Å². The Morgan fingerprint density at radius 2 is 2.06 bits per heavy atom. The zero-order valence-corrected chi connectivity index (χ0v) is 10.7. The molecule has 0 radical (unpaired) electrons. The minimum Gasteiger partial charge on any atom is -0.468 e. The van der Waals surface area contributed by atoms with Gasteiger partial charge in [-0.25, -0.2) is 8.78 Å². The van der Waals surface area contributed by atoms with Crippen molar-refractivity contribution in [2.75, 3.05) is 20.3 Å². The Morgan fingerprint density at radius 3 is 2.61 bits per heavy atom. The molecule has 0 bridgehead atoms. The van der Waals surface area contributed by atoms with Crippen LogP contribution in [0.15, 0.2) is 0 Å². The molecule has 1 unspecified atom stereocenters. The maximum absolute atomic E-state index is 14.2. The Bertz CT molecular complexity index is 313. The maximum Gasteiger partial charge on any atom is 0.320 e. The fraction of sp³-hybridized carbons (Fsp3) is 0.923. The van der Waals surface area contributed by atoms with Crippen molar-refractivity contribution in [3.05, 3.63) is 0 Å². The van der Waals surface area contributed by atoms with Gasteiger partial charge < -0.3 is 9.47 Å². The molecule has 2 fully saturated rings. The summed E-state index contributed by atoms with van der Waals surface area (Å²) in [5.74, 6) is -3.66. The molecule has 2 rings (SSSR count). The lowest BCUT2D eigenvalue weighted by Crippen LogP contribution is -2.55. The molecule has 104 valence electrons. The largest absolute Gasteiger partial charge is 0.468 e. The molecule has 0 aromatic carbocycles. The van der Waals surface area contributed by atoms with Gasteiger partial charge in [0.15, 0.2) is 5.41 Å². The van der Waals surface area contributed by atoms with Crippen molar-refractivity contribution in [3.8, 4) is 0 Å². The van der Waals surface area contributed by atoms with E-state index in [4.69, 9.17) is 4.74 Å². The fourth-order valence-electron chi connectivity index (χ4n) is 3.19. The van der Waals surface area contributed by atoms with Crippen LogP contribution in [0.3, 0.4) is 0 Å². The lowest BCUT2D eigenvalue weighted by molar-refractivity contribution is -0.222. The molecule has 0 aromatic heterocycles. The second-order valence-electron chi connectivity index (χ2n) is 5.44. The highest BCUT2D eigenvalue weighted by Crippen LogP contribution is 2.50. The summed E-state index contributed by atoms with van der Waals surface area (Å²) in [5, 5.41) is 0. The van der Waals surface area contributed by atoms with Crippen LogP contribution in [0.25, 0.3) is 0 Å². The molecule has 0 amide bonds. The van der Waals surface area contributed by atoms with Crippen LogP contribution in [-0.2, 0) is 14.3 Å². The van der Waals surface area contributed by atoms with Crippen LogP contribution < -0.4 is 0 Å². The fourth-order valence-corrected chi connectivity index (χ4v) is 3.19. The quantitative estimate of drug-likeness (QED) is 0.734. The Morgan fingerprint density at radius 1 is 1.39 bits per heavy atom. The van der Waals surface area contributed by atoms with Gasteiger partial charge in [0.05, 0.1) is 20.3 Å². The van der Waals surface area contributed by atoms with Gasteiger partial charge in [-0.15, -0.1) is 0 Å². The van der Waals surface area contributed by atoms with Gasteiger partial charge in [-0.2, -0.15) is 0 Å². The molecule has 1 atom stereocenters. The monoisotopic (exact) mass is 262 g/mol. The van der Waals surface area contributed by atoms with Crippen molar-refractivity contribution in [3.63, 3.8) is 0 Å². The van der Waals surface area contributed by atoms with Crippen LogP contribution in [-0.4, -0.2) is 32.2 Å². The normalized spacial score (nSPS) is 32.4. The predicted molar refractivity (Wildman–Crippen MR) is 61.4 cm³/mol. The van der Waals surface area contributed by atoms with E-state index in [2.05, 4.69) is 4.74 Å². The smallest absolute Gasteiger partial charge is 0.320 e. The van der Waals surface area contributed by atoms with Gasteiger partial charge in [0.1, 0.15) is 0 Å². The third-order valence-corrected chi connectivity index (χ3v) is 4.30. The number of carbonyl (C=O) groups excluding carboxylic acids is 1. The van der Waals surface area contributed by atoms with Crippen molar-refractivity contribution < 1.29 is 23.0 Å². The first-order valence-electron chi connectivity index (χ1n) is 6.56. The molecule has 1 aliphatic carbocycles. The van der Waals surface area contributed by atoms with Crippen LogP contribution in [0.5, 0.6) is 0 Å². The first kappa shape index (κ1) is 13.7. The molecule has 0 N–H and O–H groups in total. The first-order valence-corrected chi connectivity index (χ1v) is 6.56. The van der Waals surface area contributed by atoms with E-state index >= 15 is 0 Å². The van der Waals surface area contributed by atoms with Gasteiger partial charge in [-0.3, -0.25) is 4.79 Å². The van der Waals surface area contributed by atoms with Crippen molar-refractivity contribution in [1.29, 1.82) is 0 Å². The Kier molecular flexibility index (Phi) is 3.90. The Labute approximate surface area is 106 Å². The SMILES string of the molecule is COC(=O)C1(CC2CCCC2)COCCC1(F)F. The summed E-state index contributed by atoms with van der Waals surface area (Å²) in [5.41, 5.74) is -1.77. The first-order chi connectivity index (χ1) is 8.52. The molecule has 0 spiro atoms. The van der Waals surface area contributed by atoms with Crippen LogP contribution >= 0.6 is 0 Å². The molecule has 1 heterocycles. The summed E-state index contributed by atoms with van der Waals surface area (Å²) in [6.45, 7) is -0.209. The lowest BCUT2D eigenvalue weighted by atomic mass is 9.72. The number of ether oxygens (including phenoxy) is 2. The number of esters is 1. The number of rotatable bonds is 3. The Hall–Kier alpha value is -0.710. The van der Waals surface area contributed by atoms with Gasteiger partial charge in [0, 0.05) is 6.42 Å². The minimum absolute atomic E-state index is 0.0103. The predicted octanol–water partition coefficient (Wildman–Crippen LogP) is 2.78. The highest BCUT2D eigenvalue weighted by molar-refractivity contribution is 5.78. The van der Waals surface area contributed by atoms with Crippen LogP contribution in [0, 0.1) is 11.3 Å². The van der Waals surface area contributed by atoms with Gasteiger partial charge in [0.25, 0.3) is 5.92 Å². The number of methoxy groups -OCH3 is 1. The molecular weight excluding hydrogens is 242 g/mol. The average molecular weight is 262 g/mol. The highest BCUT2D eigenvalue weighted by Gasteiger charge is 2.62. The second kappa shape index (κ2) is 5.11. The second-order valence-corrected chi connectivity index (χ2v) is 5.44. The van der Waals surface area contributed by atoms with Gasteiger partial charge in [-0.05, 0) is 12.3 Å². The molecular formula is C13H20F2O3. The van der Waals surface area contributed by atoms with E-state index in [9.17, 15) is 13.6 Å². The molecule has 5 heteroatoms. The molecule has 2 aliphatic rings. The highest BCUT2D eigenvalue weighted by atomic mass is 19.3. The van der Waals surface area contributed by atoms with E-state index in [0.717, 1.165) is 25.7 Å². The minimum atomic E-state index is -3.03. The summed E-state index contributed by atoms with van der Waals surface area (Å²) in [7, 11) is 1.17. The lowest BCUT2D eigenvalue weighted by Gasteiger charge is -2.42. The summed E-state index contributed by atoms with van der Waals surface area (Å²) < 4.78 is 38.3.